The molecule has 1 radical (unpaired) electrons. The van der Waals surface area contributed by atoms with Crippen molar-refractivity contribution in [3.63, 3.8) is 0 Å². The van der Waals surface area contributed by atoms with E-state index in [1.54, 1.807) is 6.07 Å². The van der Waals surface area contributed by atoms with Crippen LogP contribution in [0.4, 0.5) is 0 Å². The van der Waals surface area contributed by atoms with Gasteiger partial charge in [0, 0.05) is 42.0 Å². The number of hydrogen-bond acceptors (Lipinski definition) is 3. The zero-order valence-corrected chi connectivity index (χ0v) is 30.5. The van der Waals surface area contributed by atoms with Gasteiger partial charge in [0.2, 0.25) is 0 Å². The molecular weight excluding hydrogens is 757 g/mol. The molecule has 0 spiro atoms. The smallest absolute Gasteiger partial charge is 0.121 e. The van der Waals surface area contributed by atoms with Crippen LogP contribution in [0.3, 0.4) is 0 Å². The van der Waals surface area contributed by atoms with Crippen LogP contribution in [0.1, 0.15) is 37.4 Å². The van der Waals surface area contributed by atoms with E-state index in [-0.39, 0.29) is 37.3 Å². The van der Waals surface area contributed by atoms with Gasteiger partial charge in [0.25, 0.3) is 0 Å². The van der Waals surface area contributed by atoms with Crippen LogP contribution in [0.2, 0.25) is 19.6 Å². The van der Waals surface area contributed by atoms with Gasteiger partial charge in [-0.2, -0.15) is 0 Å². The number of aromatic nitrogens is 2. The van der Waals surface area contributed by atoms with Crippen molar-refractivity contribution in [1.82, 2.24) is 9.97 Å². The summed E-state index contributed by atoms with van der Waals surface area (Å²) in [6.45, 7) is 10.7. The molecule has 7 rings (SSSR count). The van der Waals surface area contributed by atoms with Crippen molar-refractivity contribution in [3.05, 3.63) is 127 Å². The van der Waals surface area contributed by atoms with Crippen LogP contribution in [0.25, 0.3) is 55.2 Å². The molecule has 0 aliphatic rings. The van der Waals surface area contributed by atoms with Crippen molar-refractivity contribution >= 4 is 46.0 Å². The Bertz CT molecular complexity index is 2270. The second-order valence-corrected chi connectivity index (χ2v) is 18.8. The number of rotatable bonds is 4. The van der Waals surface area contributed by atoms with Crippen molar-refractivity contribution in [2.45, 2.75) is 53.7 Å². The maximum Gasteiger partial charge on any atom is 0.121 e. The van der Waals surface area contributed by atoms with E-state index in [1.165, 1.54) is 5.19 Å². The molecule has 3 aromatic heterocycles. The van der Waals surface area contributed by atoms with Gasteiger partial charge in [0.15, 0.2) is 0 Å². The van der Waals surface area contributed by atoms with E-state index in [0.717, 1.165) is 38.4 Å². The van der Waals surface area contributed by atoms with Gasteiger partial charge in [-0.05, 0) is 63.7 Å². The molecule has 46 heavy (non-hydrogen) atoms. The van der Waals surface area contributed by atoms with Gasteiger partial charge in [-0.1, -0.05) is 99.4 Å². The molecular formula is C41H40IrN2OSi-2. The fraction of sp³-hybridized carbons (Fsp3) is 0.220. The number of pyridine rings is 2. The molecule has 0 aliphatic carbocycles. The number of furan rings is 1. The van der Waals surface area contributed by atoms with E-state index >= 15 is 0 Å². The van der Waals surface area contributed by atoms with Gasteiger partial charge in [-0.15, -0.1) is 54.1 Å². The topological polar surface area (TPSA) is 38.9 Å². The monoisotopic (exact) mass is 801 g/mol. The van der Waals surface area contributed by atoms with Crippen molar-refractivity contribution in [2.24, 2.45) is 5.41 Å². The molecule has 0 unspecified atom stereocenters. The zero-order valence-electron chi connectivity index (χ0n) is 31.1. The quantitative estimate of drug-likeness (QED) is 0.131. The van der Waals surface area contributed by atoms with Gasteiger partial charge >= 0.3 is 0 Å². The number of nitrogens with zero attached hydrogens (tertiary/aromatic N) is 2. The molecule has 5 heteroatoms. The third-order valence-electron chi connectivity index (χ3n) is 7.81. The van der Waals surface area contributed by atoms with Gasteiger partial charge in [-0.25, -0.2) is 0 Å². The van der Waals surface area contributed by atoms with Crippen molar-refractivity contribution in [2.75, 3.05) is 0 Å². The average Bonchev–Trinajstić information content (AvgIpc) is 3.40. The SMILES string of the molecule is C[Si](C)(C)c1ccc(-c2[c-]cccc2)nc1.[2H]c1nc(-c2[c-]ccc3c2oc2cc4ccccc4cc23)cc(CC(C)(C)C)c1C([2H])([2H])[2H].[Ir]. The Morgan fingerprint density at radius 2 is 1.59 bits per heavy atom. The molecule has 0 fully saturated rings. The number of fused-ring (bicyclic) bond motifs is 4. The molecule has 0 N–H and O–H groups in total. The Morgan fingerprint density at radius 1 is 0.826 bits per heavy atom. The summed E-state index contributed by atoms with van der Waals surface area (Å²) in [7, 11) is -1.23. The molecule has 235 valence electrons. The minimum Gasteiger partial charge on any atom is -0.501 e. The summed E-state index contributed by atoms with van der Waals surface area (Å²) in [6, 6.07) is 36.5. The van der Waals surface area contributed by atoms with Crippen LogP contribution in [0.5, 0.6) is 0 Å². The first-order chi connectivity index (χ1) is 23.1. The van der Waals surface area contributed by atoms with Crippen LogP contribution >= 0.6 is 0 Å². The van der Waals surface area contributed by atoms with Crippen molar-refractivity contribution in [3.8, 4) is 22.5 Å². The van der Waals surface area contributed by atoms with Crippen molar-refractivity contribution in [1.29, 1.82) is 0 Å². The van der Waals surface area contributed by atoms with Crippen LogP contribution in [-0.4, -0.2) is 18.0 Å². The summed E-state index contributed by atoms with van der Waals surface area (Å²) in [6.07, 6.45) is 2.31. The van der Waals surface area contributed by atoms with Gasteiger partial charge in [-0.3, -0.25) is 0 Å². The Kier molecular flexibility index (Phi) is 8.29. The van der Waals surface area contributed by atoms with E-state index in [9.17, 15) is 0 Å². The molecule has 0 atom stereocenters. The second kappa shape index (κ2) is 13.5. The minimum atomic E-state index is -2.40. The summed E-state index contributed by atoms with van der Waals surface area (Å²) in [5, 5.41) is 5.56. The average molecular weight is 801 g/mol. The maximum absolute atomic E-state index is 8.46. The second-order valence-electron chi connectivity index (χ2n) is 13.7. The molecule has 0 aliphatic heterocycles. The Labute approximate surface area is 293 Å². The Balaban J connectivity index is 0.000000241. The predicted octanol–water partition coefficient (Wildman–Crippen LogP) is 10.6. The van der Waals surface area contributed by atoms with E-state index in [4.69, 9.17) is 9.90 Å². The van der Waals surface area contributed by atoms with E-state index in [1.807, 2.05) is 60.8 Å². The molecule has 3 heterocycles. The standard InChI is InChI=1S/C27H24NO.C14H16NSi.Ir/c1-17-16-28-24(13-20(17)15-27(2,3)4)22-11-7-10-21-23-12-18-8-5-6-9-19(18)14-25(23)29-26(21)22;1-16(2,3)13-9-10-14(15-11-13)12-7-5-4-6-8-12;/h5-10,12-14,16H,15H2,1-4H3;4-7,9-11H,1-3H3;/q2*-1;/i1D3,16D;;. The zero-order chi connectivity index (χ0) is 35.1. The third-order valence-corrected chi connectivity index (χ3v) is 9.84. The summed E-state index contributed by atoms with van der Waals surface area (Å²) in [4.78, 5) is 8.91. The molecule has 4 aromatic carbocycles. The number of benzene rings is 4. The van der Waals surface area contributed by atoms with Gasteiger partial charge in [0.05, 0.1) is 15.0 Å². The summed E-state index contributed by atoms with van der Waals surface area (Å²) in [5.41, 5.74) is 5.08. The molecule has 0 amide bonds. The largest absolute Gasteiger partial charge is 0.501 e. The summed E-state index contributed by atoms with van der Waals surface area (Å²) >= 11 is 0. The first-order valence-corrected chi connectivity index (χ1v) is 18.8. The molecule has 0 bridgehead atoms. The first-order valence-electron chi connectivity index (χ1n) is 17.3. The van der Waals surface area contributed by atoms with Gasteiger partial charge < -0.3 is 14.4 Å². The Hall–Kier alpha value is -3.89. The minimum absolute atomic E-state index is 0. The van der Waals surface area contributed by atoms with Crippen LogP contribution in [-0.2, 0) is 26.5 Å². The van der Waals surface area contributed by atoms with Crippen LogP contribution in [0.15, 0.2) is 108 Å². The van der Waals surface area contributed by atoms with Gasteiger partial charge in [0.1, 0.15) is 5.58 Å². The molecule has 7 aromatic rings. The third kappa shape index (κ3) is 7.39. The van der Waals surface area contributed by atoms with Crippen LogP contribution in [0, 0.1) is 24.4 Å². The van der Waals surface area contributed by atoms with Crippen LogP contribution < -0.4 is 5.19 Å². The molecule has 3 nitrogen and oxygen atoms in total. The van der Waals surface area contributed by atoms with E-state index < -0.39 is 14.9 Å². The number of hydrogen-bond donors (Lipinski definition) is 0. The van der Waals surface area contributed by atoms with Crippen molar-refractivity contribution < 1.29 is 30.0 Å². The molecule has 0 saturated carbocycles. The summed E-state index contributed by atoms with van der Waals surface area (Å²) in [5.74, 6) is 0. The fourth-order valence-electron chi connectivity index (χ4n) is 5.46. The Morgan fingerprint density at radius 3 is 2.24 bits per heavy atom. The van der Waals surface area contributed by atoms with E-state index in [0.29, 0.717) is 28.8 Å². The predicted molar refractivity (Wildman–Crippen MR) is 193 cm³/mol. The molecule has 0 saturated heterocycles. The first kappa shape index (κ1) is 28.3. The maximum atomic E-state index is 8.46. The fourth-order valence-corrected chi connectivity index (χ4v) is 6.50. The summed E-state index contributed by atoms with van der Waals surface area (Å²) < 4.78 is 38.6. The normalized spacial score (nSPS) is 13.3. The van der Waals surface area contributed by atoms with E-state index in [2.05, 4.69) is 92.8 Å².